The molecule has 0 aromatic heterocycles. The van der Waals surface area contributed by atoms with E-state index in [2.05, 4.69) is 21.1 Å². The van der Waals surface area contributed by atoms with Crippen molar-refractivity contribution in [1.82, 2.24) is 0 Å². The standard InChI is InChI=1S/C26H38NO2.BrH/c1-27(2,3)21-13-8-6-4-5-7-9-14-22-29-25-19-17-24(18-20-25)26(28)23-15-11-10-12-16-23;/h10-12,15-20H,4-9,13-14,21-22H2,1-3H3;1H/q+1;/p-1. The van der Waals surface area contributed by atoms with Crippen LogP contribution in [0.4, 0.5) is 0 Å². The molecule has 3 nitrogen and oxygen atoms in total. The SMILES string of the molecule is C[N+](C)(C)CCCCCCCCCCOc1ccc(C(=O)c2ccccc2)cc1.[Br-]. The average molecular weight is 476 g/mol. The highest BCUT2D eigenvalue weighted by Gasteiger charge is 2.08. The lowest BCUT2D eigenvalue weighted by atomic mass is 10.0. The largest absolute Gasteiger partial charge is 1.00 e. The number of rotatable bonds is 14. The van der Waals surface area contributed by atoms with E-state index >= 15 is 0 Å². The first-order valence-electron chi connectivity index (χ1n) is 11.1. The summed E-state index contributed by atoms with van der Waals surface area (Å²) >= 11 is 0. The molecule has 2 aromatic rings. The monoisotopic (exact) mass is 475 g/mol. The number of benzene rings is 2. The maximum Gasteiger partial charge on any atom is 0.193 e. The van der Waals surface area contributed by atoms with Gasteiger partial charge in [-0.15, -0.1) is 0 Å². The maximum absolute atomic E-state index is 12.4. The summed E-state index contributed by atoms with van der Waals surface area (Å²) in [6, 6.07) is 16.9. The van der Waals surface area contributed by atoms with Crippen molar-refractivity contribution in [2.24, 2.45) is 0 Å². The van der Waals surface area contributed by atoms with Crippen molar-refractivity contribution in [1.29, 1.82) is 0 Å². The molecule has 4 heteroatoms. The van der Waals surface area contributed by atoms with Gasteiger partial charge in [-0.3, -0.25) is 4.79 Å². The number of hydrogen-bond donors (Lipinski definition) is 0. The number of carbonyl (C=O) groups is 1. The van der Waals surface area contributed by atoms with Crippen LogP contribution in [0.25, 0.3) is 0 Å². The van der Waals surface area contributed by atoms with Crippen LogP contribution in [0.2, 0.25) is 0 Å². The smallest absolute Gasteiger partial charge is 0.193 e. The Balaban J connectivity index is 0.00000450. The molecule has 0 bridgehead atoms. The number of ketones is 1. The van der Waals surface area contributed by atoms with Crippen LogP contribution >= 0.6 is 0 Å². The van der Waals surface area contributed by atoms with Crippen molar-refractivity contribution in [2.75, 3.05) is 34.3 Å². The number of halogens is 1. The Morgan fingerprint density at radius 3 is 1.77 bits per heavy atom. The number of nitrogens with zero attached hydrogens (tertiary/aromatic N) is 1. The first kappa shape index (κ1) is 26.4. The minimum atomic E-state index is 0. The maximum atomic E-state index is 12.4. The van der Waals surface area contributed by atoms with E-state index in [1.807, 2.05) is 54.6 Å². The zero-order valence-corrected chi connectivity index (χ0v) is 20.5. The van der Waals surface area contributed by atoms with E-state index in [1.54, 1.807) is 0 Å². The highest BCUT2D eigenvalue weighted by atomic mass is 79.9. The Morgan fingerprint density at radius 1 is 0.700 bits per heavy atom. The molecule has 0 fully saturated rings. The third-order valence-corrected chi connectivity index (χ3v) is 5.14. The predicted octanol–water partition coefficient (Wildman–Crippen LogP) is 3.13. The summed E-state index contributed by atoms with van der Waals surface area (Å²) in [5.74, 6) is 0.890. The molecule has 0 heterocycles. The fourth-order valence-corrected chi connectivity index (χ4v) is 3.40. The zero-order chi connectivity index (χ0) is 21.0. The van der Waals surface area contributed by atoms with Gasteiger partial charge >= 0.3 is 0 Å². The number of unbranched alkanes of at least 4 members (excludes halogenated alkanes) is 7. The van der Waals surface area contributed by atoms with Gasteiger partial charge < -0.3 is 26.2 Å². The Hall–Kier alpha value is -1.65. The lowest BCUT2D eigenvalue weighted by Crippen LogP contribution is -3.00. The van der Waals surface area contributed by atoms with Crippen LogP contribution in [0.15, 0.2) is 54.6 Å². The molecule has 0 N–H and O–H groups in total. The van der Waals surface area contributed by atoms with Gasteiger partial charge in [-0.05, 0) is 43.5 Å². The van der Waals surface area contributed by atoms with E-state index in [0.29, 0.717) is 5.56 Å². The molecular formula is C26H38BrNO2. The van der Waals surface area contributed by atoms with Gasteiger partial charge in [-0.1, -0.05) is 62.4 Å². The summed E-state index contributed by atoms with van der Waals surface area (Å²) < 4.78 is 6.90. The molecule has 166 valence electrons. The van der Waals surface area contributed by atoms with E-state index in [0.717, 1.165) is 28.8 Å². The minimum Gasteiger partial charge on any atom is -1.00 e. The number of ether oxygens (including phenoxy) is 1. The van der Waals surface area contributed by atoms with Gasteiger partial charge in [0.05, 0.1) is 34.3 Å². The van der Waals surface area contributed by atoms with Crippen LogP contribution in [-0.2, 0) is 0 Å². The van der Waals surface area contributed by atoms with Crippen molar-refractivity contribution in [3.05, 3.63) is 65.7 Å². The zero-order valence-electron chi connectivity index (χ0n) is 18.9. The Bertz CT molecular complexity index is 708. The predicted molar refractivity (Wildman–Crippen MR) is 122 cm³/mol. The summed E-state index contributed by atoms with van der Waals surface area (Å²) in [5, 5.41) is 0. The average Bonchev–Trinajstić information content (AvgIpc) is 2.72. The highest BCUT2D eigenvalue weighted by Crippen LogP contribution is 2.16. The van der Waals surface area contributed by atoms with Crippen molar-refractivity contribution >= 4 is 5.78 Å². The fraction of sp³-hybridized carbons (Fsp3) is 0.500. The fourth-order valence-electron chi connectivity index (χ4n) is 3.40. The van der Waals surface area contributed by atoms with Crippen LogP contribution in [0.5, 0.6) is 5.75 Å². The van der Waals surface area contributed by atoms with Crippen LogP contribution in [0, 0.1) is 0 Å². The number of quaternary nitrogens is 1. The van der Waals surface area contributed by atoms with E-state index in [9.17, 15) is 4.79 Å². The molecule has 0 aliphatic heterocycles. The van der Waals surface area contributed by atoms with Gasteiger partial charge in [0.15, 0.2) is 5.78 Å². The van der Waals surface area contributed by atoms with Crippen molar-refractivity contribution in [3.8, 4) is 5.75 Å². The highest BCUT2D eigenvalue weighted by molar-refractivity contribution is 6.08. The van der Waals surface area contributed by atoms with Crippen LogP contribution in [-0.4, -0.2) is 44.6 Å². The summed E-state index contributed by atoms with van der Waals surface area (Å²) in [6.07, 6.45) is 10.4. The van der Waals surface area contributed by atoms with E-state index in [4.69, 9.17) is 4.74 Å². The summed E-state index contributed by atoms with van der Waals surface area (Å²) in [4.78, 5) is 12.4. The molecule has 0 spiro atoms. The summed E-state index contributed by atoms with van der Waals surface area (Å²) in [5.41, 5.74) is 1.42. The molecule has 2 rings (SSSR count). The van der Waals surface area contributed by atoms with Crippen LogP contribution < -0.4 is 21.7 Å². The molecular weight excluding hydrogens is 438 g/mol. The lowest BCUT2D eigenvalue weighted by Gasteiger charge is -2.23. The van der Waals surface area contributed by atoms with Crippen LogP contribution in [0.3, 0.4) is 0 Å². The molecule has 0 atom stereocenters. The lowest BCUT2D eigenvalue weighted by molar-refractivity contribution is -0.870. The van der Waals surface area contributed by atoms with E-state index in [-0.39, 0.29) is 22.8 Å². The third kappa shape index (κ3) is 10.9. The van der Waals surface area contributed by atoms with Gasteiger partial charge in [0.25, 0.3) is 0 Å². The van der Waals surface area contributed by atoms with Gasteiger partial charge in [0, 0.05) is 11.1 Å². The van der Waals surface area contributed by atoms with Gasteiger partial charge in [-0.25, -0.2) is 0 Å². The van der Waals surface area contributed by atoms with E-state index < -0.39 is 0 Å². The van der Waals surface area contributed by atoms with Gasteiger partial charge in [0.1, 0.15) is 5.75 Å². The Labute approximate surface area is 193 Å². The summed E-state index contributed by atoms with van der Waals surface area (Å²) in [7, 11) is 6.79. The third-order valence-electron chi connectivity index (χ3n) is 5.14. The van der Waals surface area contributed by atoms with Gasteiger partial charge in [-0.2, -0.15) is 0 Å². The summed E-state index contributed by atoms with van der Waals surface area (Å²) in [6.45, 7) is 2.02. The Morgan fingerprint density at radius 2 is 1.20 bits per heavy atom. The van der Waals surface area contributed by atoms with Crippen LogP contribution in [0.1, 0.15) is 67.3 Å². The molecule has 0 radical (unpaired) electrons. The second kappa shape index (κ2) is 14.4. The second-order valence-corrected chi connectivity index (χ2v) is 8.91. The second-order valence-electron chi connectivity index (χ2n) is 8.91. The molecule has 0 unspecified atom stereocenters. The normalized spacial score (nSPS) is 11.0. The molecule has 2 aromatic carbocycles. The first-order valence-corrected chi connectivity index (χ1v) is 11.1. The molecule has 0 saturated heterocycles. The topological polar surface area (TPSA) is 26.3 Å². The van der Waals surface area contributed by atoms with E-state index in [1.165, 1.54) is 51.5 Å². The molecule has 0 aliphatic carbocycles. The Kier molecular flexibility index (Phi) is 12.6. The first-order chi connectivity index (χ1) is 14.0. The van der Waals surface area contributed by atoms with Gasteiger partial charge in [0.2, 0.25) is 0 Å². The number of hydrogen-bond acceptors (Lipinski definition) is 2. The van der Waals surface area contributed by atoms with Crippen molar-refractivity contribution in [3.63, 3.8) is 0 Å². The minimum absolute atomic E-state index is 0. The molecule has 30 heavy (non-hydrogen) atoms. The van der Waals surface area contributed by atoms with Crippen molar-refractivity contribution < 1.29 is 31.0 Å². The quantitative estimate of drug-likeness (QED) is 0.238. The molecule has 0 amide bonds. The van der Waals surface area contributed by atoms with Crippen molar-refractivity contribution in [2.45, 2.75) is 51.4 Å². The molecule has 0 aliphatic rings. The molecule has 0 saturated carbocycles. The number of carbonyl (C=O) groups excluding carboxylic acids is 1.